The van der Waals surface area contributed by atoms with E-state index in [0.29, 0.717) is 0 Å². The maximum Gasteiger partial charge on any atom is 0.138 e. The van der Waals surface area contributed by atoms with Crippen LogP contribution in [0.1, 0.15) is 22.6 Å². The molecular weight excluding hydrogens is 300 g/mol. The summed E-state index contributed by atoms with van der Waals surface area (Å²) in [7, 11) is 0. The van der Waals surface area contributed by atoms with Gasteiger partial charge in [0.05, 0.1) is 5.69 Å². The largest absolute Gasteiger partial charge is 0.361 e. The minimum atomic E-state index is 0.947. The van der Waals surface area contributed by atoms with Crippen molar-refractivity contribution in [3.05, 3.63) is 53.0 Å². The Morgan fingerprint density at radius 3 is 2.50 bits per heavy atom. The molecule has 0 bridgehead atoms. The van der Waals surface area contributed by atoms with E-state index < -0.39 is 0 Å². The Bertz CT molecular complexity index is 807. The van der Waals surface area contributed by atoms with Crippen LogP contribution in [-0.4, -0.2) is 46.1 Å². The van der Waals surface area contributed by atoms with Gasteiger partial charge in [-0.3, -0.25) is 9.80 Å². The minimum absolute atomic E-state index is 0.947. The van der Waals surface area contributed by atoms with Crippen molar-refractivity contribution >= 4 is 10.9 Å². The number of aromatic nitrogens is 2. The number of piperazine rings is 1. The third-order valence-corrected chi connectivity index (χ3v) is 5.11. The highest BCUT2D eigenvalue weighted by molar-refractivity contribution is 5.82. The number of rotatable bonds is 4. The first-order valence-electron chi connectivity index (χ1n) is 8.62. The Labute approximate surface area is 142 Å². The third kappa shape index (κ3) is 2.97. The molecule has 2 aromatic heterocycles. The standard InChI is InChI=1S/C19H24N4O/c1-14-18(15(2)24-21-14)13-23-10-8-22(9-11-23)12-16-4-3-5-19-17(16)6-7-20-19/h3-7,20H,8-13H2,1-2H3. The van der Waals surface area contributed by atoms with Crippen LogP contribution in [0.5, 0.6) is 0 Å². The fourth-order valence-electron chi connectivity index (χ4n) is 3.59. The van der Waals surface area contributed by atoms with Crippen LogP contribution in [0.15, 0.2) is 35.0 Å². The fraction of sp³-hybridized carbons (Fsp3) is 0.421. The predicted molar refractivity (Wildman–Crippen MR) is 94.8 cm³/mol. The number of hydrogen-bond donors (Lipinski definition) is 1. The summed E-state index contributed by atoms with van der Waals surface area (Å²) in [6.45, 7) is 10.4. The molecule has 126 valence electrons. The van der Waals surface area contributed by atoms with Crippen LogP contribution in [0.2, 0.25) is 0 Å². The van der Waals surface area contributed by atoms with Gasteiger partial charge in [0.15, 0.2) is 0 Å². The molecule has 5 heteroatoms. The number of hydrogen-bond acceptors (Lipinski definition) is 4. The van der Waals surface area contributed by atoms with Gasteiger partial charge in [0.1, 0.15) is 5.76 Å². The molecule has 3 aromatic rings. The lowest BCUT2D eigenvalue weighted by molar-refractivity contribution is 0.122. The average Bonchev–Trinajstić information content (AvgIpc) is 3.19. The number of aryl methyl sites for hydroxylation is 2. The van der Waals surface area contributed by atoms with Gasteiger partial charge >= 0.3 is 0 Å². The summed E-state index contributed by atoms with van der Waals surface area (Å²) < 4.78 is 5.28. The lowest BCUT2D eigenvalue weighted by atomic mass is 10.1. The molecule has 1 fully saturated rings. The van der Waals surface area contributed by atoms with Crippen LogP contribution in [-0.2, 0) is 13.1 Å². The summed E-state index contributed by atoms with van der Waals surface area (Å²) in [5.41, 5.74) is 4.91. The molecule has 0 atom stereocenters. The summed E-state index contributed by atoms with van der Waals surface area (Å²) in [4.78, 5) is 8.35. The van der Waals surface area contributed by atoms with Crippen molar-refractivity contribution in [1.82, 2.24) is 19.9 Å². The normalized spacial score (nSPS) is 16.9. The molecule has 0 spiro atoms. The highest BCUT2D eigenvalue weighted by Gasteiger charge is 2.20. The maximum atomic E-state index is 5.28. The molecule has 0 unspecified atom stereocenters. The number of nitrogens with one attached hydrogen (secondary N) is 1. The topological polar surface area (TPSA) is 48.3 Å². The van der Waals surface area contributed by atoms with Gasteiger partial charge in [0.25, 0.3) is 0 Å². The zero-order chi connectivity index (χ0) is 16.5. The number of benzene rings is 1. The van der Waals surface area contributed by atoms with Crippen LogP contribution in [0.3, 0.4) is 0 Å². The molecule has 0 radical (unpaired) electrons. The Morgan fingerprint density at radius 1 is 1.04 bits per heavy atom. The third-order valence-electron chi connectivity index (χ3n) is 5.11. The van der Waals surface area contributed by atoms with E-state index in [1.165, 1.54) is 22.0 Å². The first kappa shape index (κ1) is 15.4. The first-order chi connectivity index (χ1) is 11.7. The molecule has 5 nitrogen and oxygen atoms in total. The molecule has 24 heavy (non-hydrogen) atoms. The Hall–Kier alpha value is -2.11. The van der Waals surface area contributed by atoms with Crippen molar-refractivity contribution in [2.45, 2.75) is 26.9 Å². The van der Waals surface area contributed by atoms with E-state index in [9.17, 15) is 0 Å². The van der Waals surface area contributed by atoms with Crippen LogP contribution >= 0.6 is 0 Å². The van der Waals surface area contributed by atoms with E-state index in [-0.39, 0.29) is 0 Å². The zero-order valence-corrected chi connectivity index (χ0v) is 14.4. The molecule has 4 rings (SSSR count). The van der Waals surface area contributed by atoms with Gasteiger partial charge in [-0.05, 0) is 31.5 Å². The second-order valence-corrected chi connectivity index (χ2v) is 6.71. The number of nitrogens with zero attached hydrogens (tertiary/aromatic N) is 3. The fourth-order valence-corrected chi connectivity index (χ4v) is 3.59. The van der Waals surface area contributed by atoms with Crippen LogP contribution < -0.4 is 0 Å². The molecule has 1 aliphatic rings. The summed E-state index contributed by atoms with van der Waals surface area (Å²) in [6.07, 6.45) is 2.02. The zero-order valence-electron chi connectivity index (χ0n) is 14.4. The van der Waals surface area contributed by atoms with Gasteiger partial charge in [-0.25, -0.2) is 0 Å². The van der Waals surface area contributed by atoms with Gasteiger partial charge in [0.2, 0.25) is 0 Å². The second-order valence-electron chi connectivity index (χ2n) is 6.71. The van der Waals surface area contributed by atoms with Crippen molar-refractivity contribution in [2.75, 3.05) is 26.2 Å². The molecule has 1 saturated heterocycles. The van der Waals surface area contributed by atoms with E-state index >= 15 is 0 Å². The minimum Gasteiger partial charge on any atom is -0.361 e. The van der Waals surface area contributed by atoms with E-state index in [1.54, 1.807) is 0 Å². The van der Waals surface area contributed by atoms with E-state index in [2.05, 4.69) is 44.2 Å². The van der Waals surface area contributed by atoms with E-state index in [1.807, 2.05) is 20.0 Å². The lowest BCUT2D eigenvalue weighted by Gasteiger charge is -2.34. The molecule has 3 heterocycles. The Kier molecular flexibility index (Phi) is 4.12. The van der Waals surface area contributed by atoms with Gasteiger partial charge in [-0.1, -0.05) is 17.3 Å². The predicted octanol–water partition coefficient (Wildman–Crippen LogP) is 3.09. The highest BCUT2D eigenvalue weighted by atomic mass is 16.5. The average molecular weight is 324 g/mol. The van der Waals surface area contributed by atoms with Crippen LogP contribution in [0.25, 0.3) is 10.9 Å². The van der Waals surface area contributed by atoms with Crippen molar-refractivity contribution < 1.29 is 4.52 Å². The first-order valence-corrected chi connectivity index (χ1v) is 8.62. The molecular formula is C19H24N4O. The van der Waals surface area contributed by atoms with Gasteiger partial charge in [0, 0.05) is 61.9 Å². The van der Waals surface area contributed by atoms with Crippen LogP contribution in [0, 0.1) is 13.8 Å². The quantitative estimate of drug-likeness (QED) is 0.801. The SMILES string of the molecule is Cc1noc(C)c1CN1CCN(Cc2cccc3[nH]ccc23)CC1. The smallest absolute Gasteiger partial charge is 0.138 e. The lowest BCUT2D eigenvalue weighted by Crippen LogP contribution is -2.45. The monoisotopic (exact) mass is 324 g/mol. The van der Waals surface area contributed by atoms with Crippen LogP contribution in [0.4, 0.5) is 0 Å². The summed E-state index contributed by atoms with van der Waals surface area (Å²) in [5.74, 6) is 0.953. The number of fused-ring (bicyclic) bond motifs is 1. The van der Waals surface area contributed by atoms with Gasteiger partial charge < -0.3 is 9.51 Å². The molecule has 1 aliphatic heterocycles. The van der Waals surface area contributed by atoms with Gasteiger partial charge in [-0.2, -0.15) is 0 Å². The van der Waals surface area contributed by atoms with Crippen molar-refractivity contribution in [2.24, 2.45) is 0 Å². The Morgan fingerprint density at radius 2 is 1.79 bits per heavy atom. The molecule has 0 saturated carbocycles. The molecule has 1 aromatic carbocycles. The maximum absolute atomic E-state index is 5.28. The van der Waals surface area contributed by atoms with Crippen molar-refractivity contribution in [1.29, 1.82) is 0 Å². The van der Waals surface area contributed by atoms with E-state index in [0.717, 1.165) is 50.7 Å². The van der Waals surface area contributed by atoms with Crippen molar-refractivity contribution in [3.8, 4) is 0 Å². The van der Waals surface area contributed by atoms with E-state index in [4.69, 9.17) is 4.52 Å². The molecule has 0 aliphatic carbocycles. The van der Waals surface area contributed by atoms with Gasteiger partial charge in [-0.15, -0.1) is 0 Å². The second kappa shape index (κ2) is 6.42. The molecule has 1 N–H and O–H groups in total. The highest BCUT2D eigenvalue weighted by Crippen LogP contribution is 2.21. The summed E-state index contributed by atoms with van der Waals surface area (Å²) in [6, 6.07) is 8.70. The van der Waals surface area contributed by atoms with Crippen molar-refractivity contribution in [3.63, 3.8) is 0 Å². The summed E-state index contributed by atoms with van der Waals surface area (Å²) >= 11 is 0. The molecule has 0 amide bonds. The Balaban J connectivity index is 1.37. The number of aromatic amines is 1. The summed E-state index contributed by atoms with van der Waals surface area (Å²) in [5, 5.41) is 5.40. The number of H-pyrrole nitrogens is 1.